The van der Waals surface area contributed by atoms with Crippen LogP contribution in [0.25, 0.3) is 10.9 Å². The van der Waals surface area contributed by atoms with E-state index in [0.717, 1.165) is 11.6 Å². The van der Waals surface area contributed by atoms with Crippen molar-refractivity contribution in [3.63, 3.8) is 0 Å². The molecular weight excluding hydrogens is 376 g/mol. The van der Waals surface area contributed by atoms with E-state index in [1.807, 2.05) is 37.3 Å². The van der Waals surface area contributed by atoms with Gasteiger partial charge in [0.2, 0.25) is 5.88 Å². The molecule has 0 aliphatic carbocycles. The number of ether oxygens (including phenoxy) is 1. The number of aromatic nitrogens is 3. The molecule has 0 atom stereocenters. The van der Waals surface area contributed by atoms with Crippen LogP contribution in [-0.2, 0) is 0 Å². The summed E-state index contributed by atoms with van der Waals surface area (Å²) in [6.45, 7) is 3.65. The molecule has 8 heteroatoms. The highest BCUT2D eigenvalue weighted by Crippen LogP contribution is 2.34. The second-order valence-corrected chi connectivity index (χ2v) is 6.52. The van der Waals surface area contributed by atoms with Gasteiger partial charge in [-0.3, -0.25) is 0 Å². The first-order valence-corrected chi connectivity index (χ1v) is 8.70. The van der Waals surface area contributed by atoms with Gasteiger partial charge in [0.05, 0.1) is 5.52 Å². The molecule has 0 bridgehead atoms. The number of nitriles is 1. The lowest BCUT2D eigenvalue weighted by Crippen LogP contribution is -2.02. The van der Waals surface area contributed by atoms with Gasteiger partial charge < -0.3 is 15.0 Å². The van der Waals surface area contributed by atoms with Gasteiger partial charge in [0.25, 0.3) is 0 Å². The average molecular weight is 391 g/mol. The molecule has 0 amide bonds. The standard InChI is InChI=1S/C21H15F2N5O/c1-11-3-5-13(6-4-11)28-20-15(9-24)21(26-10-25-20)29-17-8-16(22)19-14(18(17)23)7-12(2)27-19/h3-8,10,27H,1-2H3,(H,25,26,28). The van der Waals surface area contributed by atoms with Crippen molar-refractivity contribution in [2.24, 2.45) is 0 Å². The molecule has 6 nitrogen and oxygen atoms in total. The van der Waals surface area contributed by atoms with Gasteiger partial charge in [0.1, 0.15) is 12.4 Å². The molecule has 0 aliphatic rings. The molecule has 4 rings (SSSR count). The Morgan fingerprint density at radius 2 is 1.86 bits per heavy atom. The van der Waals surface area contributed by atoms with Crippen molar-refractivity contribution in [1.82, 2.24) is 15.0 Å². The summed E-state index contributed by atoms with van der Waals surface area (Å²) in [7, 11) is 0. The fourth-order valence-corrected chi connectivity index (χ4v) is 2.93. The van der Waals surface area contributed by atoms with Crippen LogP contribution < -0.4 is 10.1 Å². The van der Waals surface area contributed by atoms with Gasteiger partial charge in [0, 0.05) is 22.8 Å². The van der Waals surface area contributed by atoms with Crippen molar-refractivity contribution >= 4 is 22.4 Å². The molecule has 0 saturated heterocycles. The lowest BCUT2D eigenvalue weighted by Gasteiger charge is -2.12. The van der Waals surface area contributed by atoms with Crippen LogP contribution in [0.5, 0.6) is 11.6 Å². The van der Waals surface area contributed by atoms with Gasteiger partial charge in [-0.2, -0.15) is 5.26 Å². The minimum Gasteiger partial charge on any atom is -0.434 e. The predicted octanol–water partition coefficient (Wildman–Crippen LogP) is 5.26. The van der Waals surface area contributed by atoms with E-state index in [9.17, 15) is 14.0 Å². The number of benzene rings is 2. The maximum Gasteiger partial charge on any atom is 0.242 e. The fraction of sp³-hybridized carbons (Fsp3) is 0.0952. The number of rotatable bonds is 4. The summed E-state index contributed by atoms with van der Waals surface area (Å²) >= 11 is 0. The molecule has 4 aromatic rings. The van der Waals surface area contributed by atoms with Gasteiger partial charge in [0.15, 0.2) is 28.8 Å². The Balaban J connectivity index is 1.73. The average Bonchev–Trinajstić information content (AvgIpc) is 3.10. The monoisotopic (exact) mass is 391 g/mol. The van der Waals surface area contributed by atoms with Crippen LogP contribution >= 0.6 is 0 Å². The van der Waals surface area contributed by atoms with Crippen molar-refractivity contribution < 1.29 is 13.5 Å². The summed E-state index contributed by atoms with van der Waals surface area (Å²) in [6, 6.07) is 11.8. The molecule has 0 spiro atoms. The van der Waals surface area contributed by atoms with Crippen LogP contribution in [-0.4, -0.2) is 15.0 Å². The van der Waals surface area contributed by atoms with Crippen LogP contribution in [0.1, 0.15) is 16.8 Å². The summed E-state index contributed by atoms with van der Waals surface area (Å²) in [5, 5.41) is 12.6. The zero-order chi connectivity index (χ0) is 20.5. The number of fused-ring (bicyclic) bond motifs is 1. The van der Waals surface area contributed by atoms with E-state index in [-0.39, 0.29) is 33.9 Å². The molecule has 2 heterocycles. The molecule has 29 heavy (non-hydrogen) atoms. The second kappa shape index (κ2) is 7.20. The summed E-state index contributed by atoms with van der Waals surface area (Å²) in [5.41, 5.74) is 2.42. The Labute approximate surface area is 164 Å². The van der Waals surface area contributed by atoms with Crippen LogP contribution in [0.4, 0.5) is 20.3 Å². The highest BCUT2D eigenvalue weighted by Gasteiger charge is 2.19. The Morgan fingerprint density at radius 1 is 1.10 bits per heavy atom. The van der Waals surface area contributed by atoms with E-state index in [1.54, 1.807) is 6.92 Å². The van der Waals surface area contributed by atoms with Crippen LogP contribution in [0.3, 0.4) is 0 Å². The molecule has 0 fully saturated rings. The minimum atomic E-state index is -0.749. The van der Waals surface area contributed by atoms with Crippen molar-refractivity contribution in [3.05, 3.63) is 71.2 Å². The fourth-order valence-electron chi connectivity index (χ4n) is 2.93. The van der Waals surface area contributed by atoms with Crippen molar-refractivity contribution in [3.8, 4) is 17.7 Å². The van der Waals surface area contributed by atoms with Gasteiger partial charge in [-0.05, 0) is 32.0 Å². The highest BCUT2D eigenvalue weighted by molar-refractivity contribution is 5.83. The summed E-state index contributed by atoms with van der Waals surface area (Å²) < 4.78 is 34.6. The van der Waals surface area contributed by atoms with Crippen LogP contribution in [0.2, 0.25) is 0 Å². The third kappa shape index (κ3) is 3.46. The van der Waals surface area contributed by atoms with Gasteiger partial charge in [-0.15, -0.1) is 0 Å². The molecular formula is C21H15F2N5O. The van der Waals surface area contributed by atoms with E-state index in [2.05, 4.69) is 20.3 Å². The Morgan fingerprint density at radius 3 is 2.59 bits per heavy atom. The molecule has 0 saturated carbocycles. The quantitative estimate of drug-likeness (QED) is 0.495. The number of nitrogens with zero attached hydrogens (tertiary/aromatic N) is 3. The van der Waals surface area contributed by atoms with E-state index in [0.29, 0.717) is 11.4 Å². The number of H-pyrrole nitrogens is 1. The second-order valence-electron chi connectivity index (χ2n) is 6.52. The maximum atomic E-state index is 14.8. The number of hydrogen-bond acceptors (Lipinski definition) is 5. The number of aryl methyl sites for hydroxylation is 2. The van der Waals surface area contributed by atoms with Gasteiger partial charge in [-0.1, -0.05) is 17.7 Å². The molecule has 2 aromatic carbocycles. The molecule has 0 radical (unpaired) electrons. The first-order valence-electron chi connectivity index (χ1n) is 8.70. The third-order valence-corrected chi connectivity index (χ3v) is 4.35. The van der Waals surface area contributed by atoms with Gasteiger partial charge in [-0.25, -0.2) is 18.7 Å². The maximum absolute atomic E-state index is 14.8. The predicted molar refractivity (Wildman–Crippen MR) is 104 cm³/mol. The topological polar surface area (TPSA) is 86.6 Å². The van der Waals surface area contributed by atoms with Gasteiger partial charge >= 0.3 is 0 Å². The summed E-state index contributed by atoms with van der Waals surface area (Å²) in [4.78, 5) is 10.8. The van der Waals surface area contributed by atoms with Crippen LogP contribution in [0.15, 0.2) is 42.7 Å². The largest absolute Gasteiger partial charge is 0.434 e. The van der Waals surface area contributed by atoms with E-state index >= 15 is 0 Å². The van der Waals surface area contributed by atoms with E-state index in [1.165, 1.54) is 12.4 Å². The zero-order valence-electron chi connectivity index (χ0n) is 15.5. The normalized spacial score (nSPS) is 10.7. The molecule has 0 unspecified atom stereocenters. The summed E-state index contributed by atoms with van der Waals surface area (Å²) in [5.74, 6) is -1.77. The van der Waals surface area contributed by atoms with E-state index < -0.39 is 11.6 Å². The van der Waals surface area contributed by atoms with Crippen molar-refractivity contribution in [1.29, 1.82) is 5.26 Å². The Kier molecular flexibility index (Phi) is 4.56. The highest BCUT2D eigenvalue weighted by atomic mass is 19.1. The molecule has 144 valence electrons. The lowest BCUT2D eigenvalue weighted by molar-refractivity contribution is 0.424. The smallest absolute Gasteiger partial charge is 0.242 e. The van der Waals surface area contributed by atoms with Crippen molar-refractivity contribution in [2.45, 2.75) is 13.8 Å². The van der Waals surface area contributed by atoms with Crippen molar-refractivity contribution in [2.75, 3.05) is 5.32 Å². The SMILES string of the molecule is Cc1ccc(Nc2ncnc(Oc3cc(F)c4[nH]c(C)cc4c3F)c2C#N)cc1. The first kappa shape index (κ1) is 18.4. The molecule has 2 aromatic heterocycles. The zero-order valence-corrected chi connectivity index (χ0v) is 15.5. The number of nitrogens with one attached hydrogen (secondary N) is 2. The molecule has 0 aliphatic heterocycles. The number of halogens is 2. The number of hydrogen-bond donors (Lipinski definition) is 2. The first-order chi connectivity index (χ1) is 14.0. The van der Waals surface area contributed by atoms with E-state index in [4.69, 9.17) is 4.74 Å². The Hall–Kier alpha value is -3.99. The molecule has 2 N–H and O–H groups in total. The lowest BCUT2D eigenvalue weighted by atomic mass is 10.2. The number of aromatic amines is 1. The Bertz CT molecular complexity index is 1260. The minimum absolute atomic E-state index is 0.0294. The van der Waals surface area contributed by atoms with Crippen LogP contribution in [0, 0.1) is 36.8 Å². The third-order valence-electron chi connectivity index (χ3n) is 4.35. The summed E-state index contributed by atoms with van der Waals surface area (Å²) in [6.07, 6.45) is 1.18. The number of anilines is 2.